The van der Waals surface area contributed by atoms with Crippen molar-refractivity contribution < 1.29 is 22.4 Å². The Labute approximate surface area is 105 Å². The zero-order valence-corrected chi connectivity index (χ0v) is 9.59. The molecule has 7 heteroatoms. The third kappa shape index (κ3) is 2.69. The summed E-state index contributed by atoms with van der Waals surface area (Å²) in [6.07, 6.45) is -2.22. The predicted molar refractivity (Wildman–Crippen MR) is 61.6 cm³/mol. The van der Waals surface area contributed by atoms with Crippen molar-refractivity contribution in [3.63, 3.8) is 0 Å². The molecule has 0 unspecified atom stereocenters. The van der Waals surface area contributed by atoms with Crippen molar-refractivity contribution in [2.24, 2.45) is 0 Å². The lowest BCUT2D eigenvalue weighted by molar-refractivity contribution is -0.123. The summed E-state index contributed by atoms with van der Waals surface area (Å²) in [6.45, 7) is -1.40. The van der Waals surface area contributed by atoms with Crippen molar-refractivity contribution in [3.8, 4) is 0 Å². The molecule has 0 aliphatic carbocycles. The van der Waals surface area contributed by atoms with Gasteiger partial charge in [0.1, 0.15) is 0 Å². The highest BCUT2D eigenvalue weighted by molar-refractivity contribution is 6.05. The maximum Gasteiger partial charge on any atom is 0.324 e. The van der Waals surface area contributed by atoms with Crippen molar-refractivity contribution in [1.82, 2.24) is 10.3 Å². The lowest BCUT2D eigenvalue weighted by Gasteiger charge is -2.15. The number of hydrogen-bond donors (Lipinski definition) is 2. The Morgan fingerprint density at radius 2 is 2.05 bits per heavy atom. The molecule has 1 aromatic carbocycles. The minimum atomic E-state index is -4.24. The molecule has 102 valence electrons. The summed E-state index contributed by atoms with van der Waals surface area (Å²) in [5.41, 5.74) is 0.605. The molecule has 2 aromatic rings. The van der Waals surface area contributed by atoms with E-state index in [2.05, 4.69) is 4.98 Å². The number of rotatable bonds is 4. The van der Waals surface area contributed by atoms with E-state index in [1.54, 1.807) is 24.4 Å². The van der Waals surface area contributed by atoms with Crippen LogP contribution in [0, 0.1) is 0 Å². The lowest BCUT2D eigenvalue weighted by atomic mass is 10.1. The molecular weight excluding hydrogens is 264 g/mol. The first kappa shape index (κ1) is 13.4. The maximum absolute atomic E-state index is 12.7. The smallest absolute Gasteiger partial charge is 0.324 e. The second kappa shape index (κ2) is 4.91. The Morgan fingerprint density at radius 1 is 1.32 bits per heavy atom. The summed E-state index contributed by atoms with van der Waals surface area (Å²) < 4.78 is 49.3. The Kier molecular flexibility index (Phi) is 3.46. The number of fused-ring (bicyclic) bond motifs is 1. The third-order valence-corrected chi connectivity index (χ3v) is 2.64. The fourth-order valence-corrected chi connectivity index (χ4v) is 1.64. The van der Waals surface area contributed by atoms with E-state index in [9.17, 15) is 22.4 Å². The van der Waals surface area contributed by atoms with Crippen molar-refractivity contribution in [1.29, 1.82) is 0 Å². The van der Waals surface area contributed by atoms with Crippen molar-refractivity contribution >= 4 is 16.8 Å². The van der Waals surface area contributed by atoms with Crippen LogP contribution in [-0.4, -0.2) is 29.8 Å². The molecule has 0 fully saturated rings. The Balaban J connectivity index is 2.15. The standard InChI is InChI=1S/C12H10F4N2O/c13-11(14)12(15,16)6-18-10(19)8-3-1-2-7-4-5-17-9(7)8/h1-5,11,17H,6H2,(H,18,19). The van der Waals surface area contributed by atoms with Crippen LogP contribution in [-0.2, 0) is 0 Å². The molecule has 1 heterocycles. The van der Waals surface area contributed by atoms with Gasteiger partial charge in [-0.05, 0) is 12.1 Å². The first-order valence-corrected chi connectivity index (χ1v) is 5.42. The minimum Gasteiger partial charge on any atom is -0.361 e. The number of nitrogens with one attached hydrogen (secondary N) is 2. The van der Waals surface area contributed by atoms with E-state index >= 15 is 0 Å². The Bertz CT molecular complexity index is 594. The second-order valence-electron chi connectivity index (χ2n) is 3.99. The van der Waals surface area contributed by atoms with Gasteiger partial charge in [0.25, 0.3) is 5.91 Å². The number of aromatic nitrogens is 1. The quantitative estimate of drug-likeness (QED) is 0.827. The fraction of sp³-hybridized carbons (Fsp3) is 0.250. The van der Waals surface area contributed by atoms with Gasteiger partial charge in [-0.3, -0.25) is 4.79 Å². The van der Waals surface area contributed by atoms with E-state index < -0.39 is 24.8 Å². The lowest BCUT2D eigenvalue weighted by Crippen LogP contribution is -2.41. The monoisotopic (exact) mass is 274 g/mol. The molecule has 2 rings (SSSR count). The number of hydrogen-bond acceptors (Lipinski definition) is 1. The Morgan fingerprint density at radius 3 is 2.74 bits per heavy atom. The third-order valence-electron chi connectivity index (χ3n) is 2.64. The van der Waals surface area contributed by atoms with Gasteiger partial charge >= 0.3 is 12.3 Å². The molecule has 0 aliphatic heterocycles. The van der Waals surface area contributed by atoms with Crippen molar-refractivity contribution in [2.45, 2.75) is 12.3 Å². The number of para-hydroxylation sites is 1. The van der Waals surface area contributed by atoms with Crippen LogP contribution in [0.5, 0.6) is 0 Å². The Hall–Kier alpha value is -2.05. The molecule has 0 saturated heterocycles. The predicted octanol–water partition coefficient (Wildman–Crippen LogP) is 2.80. The molecule has 0 aliphatic rings. The number of carbonyl (C=O) groups excluding carboxylic acids is 1. The number of amides is 1. The van der Waals surface area contributed by atoms with Crippen LogP contribution in [0.3, 0.4) is 0 Å². The number of halogens is 4. The molecule has 0 atom stereocenters. The van der Waals surface area contributed by atoms with Crippen molar-refractivity contribution in [3.05, 3.63) is 36.0 Å². The van der Waals surface area contributed by atoms with Gasteiger partial charge in [-0.15, -0.1) is 0 Å². The number of carbonyl (C=O) groups is 1. The normalized spacial score (nSPS) is 12.1. The highest BCUT2D eigenvalue weighted by Gasteiger charge is 2.40. The molecule has 0 bridgehead atoms. The highest BCUT2D eigenvalue weighted by Crippen LogP contribution is 2.22. The molecule has 0 saturated carbocycles. The van der Waals surface area contributed by atoms with Crippen LogP contribution in [0.15, 0.2) is 30.5 Å². The summed E-state index contributed by atoms with van der Waals surface area (Å²) in [6, 6.07) is 6.45. The molecule has 3 nitrogen and oxygen atoms in total. The zero-order chi connectivity index (χ0) is 14.0. The van der Waals surface area contributed by atoms with Gasteiger partial charge in [0, 0.05) is 11.6 Å². The average Bonchev–Trinajstić information content (AvgIpc) is 2.83. The van der Waals surface area contributed by atoms with Crippen LogP contribution < -0.4 is 5.32 Å². The number of alkyl halides is 4. The summed E-state index contributed by atoms with van der Waals surface area (Å²) in [4.78, 5) is 14.5. The van der Waals surface area contributed by atoms with Gasteiger partial charge in [0.2, 0.25) is 0 Å². The first-order valence-electron chi connectivity index (χ1n) is 5.42. The first-order chi connectivity index (χ1) is 8.92. The fourth-order valence-electron chi connectivity index (χ4n) is 1.64. The van der Waals surface area contributed by atoms with Gasteiger partial charge in [0.15, 0.2) is 0 Å². The number of H-pyrrole nitrogens is 1. The van der Waals surface area contributed by atoms with Crippen molar-refractivity contribution in [2.75, 3.05) is 6.54 Å². The molecule has 19 heavy (non-hydrogen) atoms. The minimum absolute atomic E-state index is 0.132. The van der Waals surface area contributed by atoms with E-state index in [1.165, 1.54) is 6.07 Å². The van der Waals surface area contributed by atoms with Crippen LogP contribution in [0.25, 0.3) is 10.9 Å². The van der Waals surface area contributed by atoms with Gasteiger partial charge < -0.3 is 10.3 Å². The van der Waals surface area contributed by atoms with Gasteiger partial charge in [-0.2, -0.15) is 8.78 Å². The SMILES string of the molecule is O=C(NCC(F)(F)C(F)F)c1cccc2cc[nH]c12. The zero-order valence-electron chi connectivity index (χ0n) is 9.59. The summed E-state index contributed by atoms with van der Waals surface area (Å²) in [5.74, 6) is -5.06. The average molecular weight is 274 g/mol. The highest BCUT2D eigenvalue weighted by atomic mass is 19.3. The van der Waals surface area contributed by atoms with E-state index in [-0.39, 0.29) is 5.56 Å². The van der Waals surface area contributed by atoms with Crippen LogP contribution in [0.1, 0.15) is 10.4 Å². The van der Waals surface area contributed by atoms with E-state index in [0.717, 1.165) is 5.39 Å². The van der Waals surface area contributed by atoms with Crippen LogP contribution >= 0.6 is 0 Å². The van der Waals surface area contributed by atoms with E-state index in [4.69, 9.17) is 0 Å². The van der Waals surface area contributed by atoms with Gasteiger partial charge in [-0.1, -0.05) is 12.1 Å². The largest absolute Gasteiger partial charge is 0.361 e. The summed E-state index contributed by atoms with van der Waals surface area (Å²) in [7, 11) is 0. The molecule has 1 aromatic heterocycles. The van der Waals surface area contributed by atoms with Crippen LogP contribution in [0.2, 0.25) is 0 Å². The van der Waals surface area contributed by atoms with E-state index in [1.807, 2.05) is 5.32 Å². The number of aromatic amines is 1. The van der Waals surface area contributed by atoms with Crippen LogP contribution in [0.4, 0.5) is 17.6 Å². The molecule has 1 amide bonds. The molecule has 2 N–H and O–H groups in total. The molecule has 0 spiro atoms. The maximum atomic E-state index is 12.7. The summed E-state index contributed by atoms with van der Waals surface area (Å²) >= 11 is 0. The topological polar surface area (TPSA) is 44.9 Å². The molecular formula is C12H10F4N2O. The molecule has 0 radical (unpaired) electrons. The summed E-state index contributed by atoms with van der Waals surface area (Å²) in [5, 5.41) is 2.54. The van der Waals surface area contributed by atoms with E-state index in [0.29, 0.717) is 5.52 Å². The second-order valence-corrected chi connectivity index (χ2v) is 3.99. The van der Waals surface area contributed by atoms with Gasteiger partial charge in [-0.25, -0.2) is 8.78 Å². The number of benzene rings is 1. The van der Waals surface area contributed by atoms with Gasteiger partial charge in [0.05, 0.1) is 17.6 Å².